The molecular weight excluding hydrogens is 386 g/mol. The highest BCUT2D eigenvalue weighted by molar-refractivity contribution is 8.00. The molecule has 1 aromatic carbocycles. The Hall–Kier alpha value is -2.22. The molecule has 0 unspecified atom stereocenters. The number of aromatic nitrogens is 3. The van der Waals surface area contributed by atoms with Gasteiger partial charge in [-0.1, -0.05) is 50.6 Å². The van der Waals surface area contributed by atoms with Gasteiger partial charge in [0, 0.05) is 13.1 Å². The first-order chi connectivity index (χ1) is 14.0. The molecule has 29 heavy (non-hydrogen) atoms. The fourth-order valence-corrected chi connectivity index (χ4v) is 4.21. The van der Waals surface area contributed by atoms with Crippen molar-refractivity contribution < 1.29 is 9.53 Å². The SMILES string of the molecule is CC(C)c1ccc(OCc2nnc(S[C@H](C)C(=O)N3CCCCCC3)n2N)cc1. The van der Waals surface area contributed by atoms with E-state index in [0.717, 1.165) is 31.7 Å². The Labute approximate surface area is 177 Å². The number of thioether (sulfide) groups is 1. The van der Waals surface area contributed by atoms with Crippen LogP contribution in [0.1, 0.15) is 63.8 Å². The summed E-state index contributed by atoms with van der Waals surface area (Å²) in [7, 11) is 0. The van der Waals surface area contributed by atoms with Gasteiger partial charge in [0.1, 0.15) is 12.4 Å². The van der Waals surface area contributed by atoms with Crippen LogP contribution in [0, 0.1) is 0 Å². The topological polar surface area (TPSA) is 86.3 Å². The Bertz CT molecular complexity index is 798. The van der Waals surface area contributed by atoms with Crippen LogP contribution in [0.15, 0.2) is 29.4 Å². The van der Waals surface area contributed by atoms with E-state index in [4.69, 9.17) is 10.6 Å². The second kappa shape index (κ2) is 10.0. The van der Waals surface area contributed by atoms with Gasteiger partial charge in [0.2, 0.25) is 11.1 Å². The number of amides is 1. The zero-order valence-electron chi connectivity index (χ0n) is 17.5. The molecule has 3 rings (SSSR count). The lowest BCUT2D eigenvalue weighted by atomic mass is 10.0. The summed E-state index contributed by atoms with van der Waals surface area (Å²) < 4.78 is 7.21. The number of hydrogen-bond acceptors (Lipinski definition) is 6. The van der Waals surface area contributed by atoms with Crippen LogP contribution >= 0.6 is 11.8 Å². The van der Waals surface area contributed by atoms with Crippen molar-refractivity contribution in [3.05, 3.63) is 35.7 Å². The minimum atomic E-state index is -0.253. The Morgan fingerprint density at radius 3 is 2.38 bits per heavy atom. The van der Waals surface area contributed by atoms with Crippen LogP contribution in [0.25, 0.3) is 0 Å². The van der Waals surface area contributed by atoms with E-state index in [2.05, 4.69) is 36.2 Å². The van der Waals surface area contributed by atoms with Crippen molar-refractivity contribution in [2.45, 2.75) is 69.4 Å². The molecule has 1 fully saturated rings. The van der Waals surface area contributed by atoms with E-state index in [9.17, 15) is 4.79 Å². The summed E-state index contributed by atoms with van der Waals surface area (Å²) in [5, 5.41) is 8.56. The largest absolute Gasteiger partial charge is 0.486 e. The third kappa shape index (κ3) is 5.65. The van der Waals surface area contributed by atoms with E-state index in [0.29, 0.717) is 16.9 Å². The predicted molar refractivity (Wildman–Crippen MR) is 115 cm³/mol. The molecule has 1 amide bonds. The molecule has 1 aromatic heterocycles. The second-order valence-electron chi connectivity index (χ2n) is 7.78. The van der Waals surface area contributed by atoms with Gasteiger partial charge >= 0.3 is 0 Å². The molecule has 2 N–H and O–H groups in total. The second-order valence-corrected chi connectivity index (χ2v) is 9.09. The number of benzene rings is 1. The van der Waals surface area contributed by atoms with E-state index in [1.54, 1.807) is 0 Å². The molecule has 1 saturated heterocycles. The molecule has 7 nitrogen and oxygen atoms in total. The van der Waals surface area contributed by atoms with Gasteiger partial charge in [-0.25, -0.2) is 4.68 Å². The standard InChI is InChI=1S/C21H31N5O2S/c1-15(2)17-8-10-18(11-9-17)28-14-19-23-24-21(26(19)22)29-16(3)20(27)25-12-6-4-5-7-13-25/h8-11,15-16H,4-7,12-14,22H2,1-3H3/t16-/m1/s1. The molecular formula is C21H31N5O2S. The highest BCUT2D eigenvalue weighted by Gasteiger charge is 2.24. The Balaban J connectivity index is 1.56. The number of carbonyl (C=O) groups excluding carboxylic acids is 1. The van der Waals surface area contributed by atoms with Crippen LogP contribution in [0.2, 0.25) is 0 Å². The summed E-state index contributed by atoms with van der Waals surface area (Å²) in [6.07, 6.45) is 4.56. The first kappa shape index (κ1) is 21.5. The molecule has 158 valence electrons. The van der Waals surface area contributed by atoms with Crippen LogP contribution in [0.3, 0.4) is 0 Å². The number of carbonyl (C=O) groups is 1. The molecule has 0 bridgehead atoms. The molecule has 8 heteroatoms. The summed E-state index contributed by atoms with van der Waals surface area (Å²) in [5.41, 5.74) is 1.26. The molecule has 1 aliphatic heterocycles. The maximum atomic E-state index is 12.7. The van der Waals surface area contributed by atoms with Crippen molar-refractivity contribution in [3.63, 3.8) is 0 Å². The van der Waals surface area contributed by atoms with Gasteiger partial charge < -0.3 is 15.5 Å². The lowest BCUT2D eigenvalue weighted by Crippen LogP contribution is -2.37. The minimum absolute atomic E-state index is 0.142. The molecule has 0 aliphatic carbocycles. The number of likely N-dealkylation sites (tertiary alicyclic amines) is 1. The summed E-state index contributed by atoms with van der Waals surface area (Å²) >= 11 is 1.34. The van der Waals surface area contributed by atoms with Gasteiger partial charge in [0.15, 0.2) is 5.82 Å². The molecule has 0 saturated carbocycles. The zero-order chi connectivity index (χ0) is 20.8. The number of rotatable bonds is 7. The fraction of sp³-hybridized carbons (Fsp3) is 0.571. The van der Waals surface area contributed by atoms with Crippen LogP contribution < -0.4 is 10.6 Å². The van der Waals surface area contributed by atoms with Gasteiger partial charge in [0.05, 0.1) is 5.25 Å². The number of nitrogen functional groups attached to an aromatic ring is 1. The highest BCUT2D eigenvalue weighted by Crippen LogP contribution is 2.24. The lowest BCUT2D eigenvalue weighted by molar-refractivity contribution is -0.130. The predicted octanol–water partition coefficient (Wildman–Crippen LogP) is 3.58. The van der Waals surface area contributed by atoms with E-state index in [1.165, 1.54) is 34.8 Å². The molecule has 0 spiro atoms. The number of nitrogens with zero attached hydrogens (tertiary/aromatic N) is 4. The maximum absolute atomic E-state index is 12.7. The maximum Gasteiger partial charge on any atom is 0.235 e. The molecule has 2 heterocycles. The summed E-state index contributed by atoms with van der Waals surface area (Å²) in [6.45, 7) is 8.12. The van der Waals surface area contributed by atoms with Gasteiger partial charge in [-0.05, 0) is 43.4 Å². The highest BCUT2D eigenvalue weighted by atomic mass is 32.2. The Kier molecular flexibility index (Phi) is 7.41. The van der Waals surface area contributed by atoms with Crippen molar-refractivity contribution in [1.29, 1.82) is 0 Å². The smallest absolute Gasteiger partial charge is 0.235 e. The fourth-order valence-electron chi connectivity index (χ4n) is 3.34. The minimum Gasteiger partial charge on any atom is -0.486 e. The van der Waals surface area contributed by atoms with Crippen LogP contribution in [-0.2, 0) is 11.4 Å². The molecule has 2 aromatic rings. The first-order valence-electron chi connectivity index (χ1n) is 10.3. The van der Waals surface area contributed by atoms with Crippen LogP contribution in [-0.4, -0.2) is 44.0 Å². The van der Waals surface area contributed by atoms with E-state index >= 15 is 0 Å². The molecule has 0 radical (unpaired) electrons. The van der Waals surface area contributed by atoms with E-state index < -0.39 is 0 Å². The van der Waals surface area contributed by atoms with Gasteiger partial charge in [-0.3, -0.25) is 4.79 Å². The number of nitrogens with two attached hydrogens (primary N) is 1. The van der Waals surface area contributed by atoms with Crippen LogP contribution in [0.5, 0.6) is 5.75 Å². The van der Waals surface area contributed by atoms with Gasteiger partial charge in [-0.2, -0.15) is 0 Å². The Morgan fingerprint density at radius 1 is 1.10 bits per heavy atom. The van der Waals surface area contributed by atoms with Gasteiger partial charge in [-0.15, -0.1) is 10.2 Å². The number of ether oxygens (including phenoxy) is 1. The van der Waals surface area contributed by atoms with Crippen molar-refractivity contribution in [3.8, 4) is 5.75 Å². The Morgan fingerprint density at radius 2 is 1.76 bits per heavy atom. The van der Waals surface area contributed by atoms with E-state index in [1.807, 2.05) is 24.0 Å². The quantitative estimate of drug-likeness (QED) is 0.547. The number of hydrogen-bond donors (Lipinski definition) is 1. The van der Waals surface area contributed by atoms with Crippen molar-refractivity contribution >= 4 is 17.7 Å². The van der Waals surface area contributed by atoms with Crippen molar-refractivity contribution in [2.75, 3.05) is 18.9 Å². The third-order valence-corrected chi connectivity index (χ3v) is 6.24. The average molecular weight is 418 g/mol. The van der Waals surface area contributed by atoms with E-state index in [-0.39, 0.29) is 17.8 Å². The van der Waals surface area contributed by atoms with Gasteiger partial charge in [0.25, 0.3) is 0 Å². The monoisotopic (exact) mass is 417 g/mol. The zero-order valence-corrected chi connectivity index (χ0v) is 18.3. The lowest BCUT2D eigenvalue weighted by Gasteiger charge is -2.23. The molecule has 1 aliphatic rings. The average Bonchev–Trinajstić information content (AvgIpc) is 2.90. The summed E-state index contributed by atoms with van der Waals surface area (Å²) in [6, 6.07) is 8.02. The van der Waals surface area contributed by atoms with Crippen molar-refractivity contribution in [2.24, 2.45) is 0 Å². The normalized spacial score (nSPS) is 15.9. The summed E-state index contributed by atoms with van der Waals surface area (Å²) in [4.78, 5) is 14.7. The summed E-state index contributed by atoms with van der Waals surface area (Å²) in [5.74, 6) is 8.06. The van der Waals surface area contributed by atoms with Crippen molar-refractivity contribution in [1.82, 2.24) is 19.8 Å². The van der Waals surface area contributed by atoms with Crippen LogP contribution in [0.4, 0.5) is 0 Å². The third-order valence-electron chi connectivity index (χ3n) is 5.20. The molecule has 1 atom stereocenters. The first-order valence-corrected chi connectivity index (χ1v) is 11.2.